The van der Waals surface area contributed by atoms with Gasteiger partial charge in [-0.25, -0.2) is 0 Å². The number of aryl methyl sites for hydroxylation is 2. The lowest BCUT2D eigenvalue weighted by Crippen LogP contribution is -2.53. The lowest BCUT2D eigenvalue weighted by atomic mass is 10.0. The number of nitrogens with zero attached hydrogens (tertiary/aromatic N) is 2. The standard InChI is InChI=1S/C21H33ClN2O2/c1-6-23(21(25)20(22)24-12-8-7-9-17(24)4)18(5)14-26-19-11-10-15(2)13-16(19)3/h10-11,13,17-18,20H,6-9,12,14H2,1-5H3. The first-order valence-electron chi connectivity index (χ1n) is 9.75. The normalized spacial score (nSPS) is 20.5. The van der Waals surface area contributed by atoms with Gasteiger partial charge in [0.2, 0.25) is 0 Å². The molecule has 26 heavy (non-hydrogen) atoms. The molecule has 146 valence electrons. The predicted octanol–water partition coefficient (Wildman–Crippen LogP) is 4.36. The van der Waals surface area contributed by atoms with Gasteiger partial charge in [0.25, 0.3) is 5.91 Å². The maximum absolute atomic E-state index is 13.0. The van der Waals surface area contributed by atoms with Crippen LogP contribution in [0.25, 0.3) is 0 Å². The fourth-order valence-electron chi connectivity index (χ4n) is 3.68. The Hall–Kier alpha value is -1.26. The van der Waals surface area contributed by atoms with Gasteiger partial charge in [0.1, 0.15) is 12.4 Å². The molecule has 3 unspecified atom stereocenters. The predicted molar refractivity (Wildman–Crippen MR) is 108 cm³/mol. The number of likely N-dealkylation sites (N-methyl/N-ethyl adjacent to an activating group) is 1. The monoisotopic (exact) mass is 380 g/mol. The molecule has 0 aliphatic carbocycles. The molecule has 0 aromatic heterocycles. The molecule has 3 atom stereocenters. The van der Waals surface area contributed by atoms with Gasteiger partial charge in [-0.1, -0.05) is 35.7 Å². The molecule has 1 heterocycles. The SMILES string of the molecule is CCN(C(=O)C(Cl)N1CCCCC1C)C(C)COc1ccc(C)cc1C. The van der Waals surface area contributed by atoms with Crippen LogP contribution in [0.1, 0.15) is 51.2 Å². The van der Waals surface area contributed by atoms with E-state index >= 15 is 0 Å². The number of alkyl halides is 1. The van der Waals surface area contributed by atoms with Crippen LogP contribution in [0.15, 0.2) is 18.2 Å². The fourth-order valence-corrected chi connectivity index (χ4v) is 4.10. The lowest BCUT2D eigenvalue weighted by molar-refractivity contribution is -0.137. The Kier molecular flexibility index (Phi) is 7.78. The summed E-state index contributed by atoms with van der Waals surface area (Å²) in [6.45, 7) is 12.3. The second-order valence-corrected chi connectivity index (χ2v) is 7.89. The number of carbonyl (C=O) groups is 1. The van der Waals surface area contributed by atoms with E-state index in [4.69, 9.17) is 16.3 Å². The van der Waals surface area contributed by atoms with E-state index in [1.807, 2.05) is 37.8 Å². The zero-order chi connectivity index (χ0) is 19.3. The van der Waals surface area contributed by atoms with Gasteiger partial charge in [-0.3, -0.25) is 9.69 Å². The molecule has 0 radical (unpaired) electrons. The summed E-state index contributed by atoms with van der Waals surface area (Å²) in [4.78, 5) is 16.9. The van der Waals surface area contributed by atoms with Gasteiger partial charge in [-0.2, -0.15) is 0 Å². The van der Waals surface area contributed by atoms with Crippen molar-refractivity contribution >= 4 is 17.5 Å². The molecule has 0 spiro atoms. The van der Waals surface area contributed by atoms with Crippen LogP contribution >= 0.6 is 11.6 Å². The number of rotatable bonds is 7. The summed E-state index contributed by atoms with van der Waals surface area (Å²) in [5.74, 6) is 0.859. The molecule has 1 aromatic carbocycles. The van der Waals surface area contributed by atoms with Gasteiger partial charge in [-0.15, -0.1) is 0 Å². The number of amides is 1. The van der Waals surface area contributed by atoms with Crippen LogP contribution in [-0.2, 0) is 4.79 Å². The number of benzene rings is 1. The third-order valence-electron chi connectivity index (χ3n) is 5.32. The van der Waals surface area contributed by atoms with Crippen LogP contribution in [0.3, 0.4) is 0 Å². The Morgan fingerprint density at radius 3 is 2.73 bits per heavy atom. The van der Waals surface area contributed by atoms with Crippen molar-refractivity contribution in [3.8, 4) is 5.75 Å². The van der Waals surface area contributed by atoms with Crippen molar-refractivity contribution in [2.24, 2.45) is 0 Å². The fraction of sp³-hybridized carbons (Fsp3) is 0.667. The van der Waals surface area contributed by atoms with Crippen molar-refractivity contribution in [2.75, 3.05) is 19.7 Å². The molecule has 2 rings (SSSR count). The summed E-state index contributed by atoms with van der Waals surface area (Å²) < 4.78 is 5.98. The number of piperidine rings is 1. The largest absolute Gasteiger partial charge is 0.491 e. The number of hydrogen-bond donors (Lipinski definition) is 0. The van der Waals surface area contributed by atoms with E-state index in [-0.39, 0.29) is 11.9 Å². The minimum absolute atomic E-state index is 0.0142. The van der Waals surface area contributed by atoms with Crippen LogP contribution < -0.4 is 4.74 Å². The highest BCUT2D eigenvalue weighted by molar-refractivity contribution is 6.30. The Morgan fingerprint density at radius 1 is 1.38 bits per heavy atom. The number of carbonyl (C=O) groups excluding carboxylic acids is 1. The van der Waals surface area contributed by atoms with Gasteiger partial charge < -0.3 is 9.64 Å². The second kappa shape index (κ2) is 9.61. The van der Waals surface area contributed by atoms with E-state index in [0.717, 1.165) is 30.7 Å². The second-order valence-electron chi connectivity index (χ2n) is 7.47. The summed E-state index contributed by atoms with van der Waals surface area (Å²) >= 11 is 6.58. The smallest absolute Gasteiger partial charge is 0.255 e. The number of halogens is 1. The molecule has 0 saturated carbocycles. The average molecular weight is 381 g/mol. The minimum Gasteiger partial charge on any atom is -0.491 e. The van der Waals surface area contributed by atoms with E-state index < -0.39 is 5.50 Å². The van der Waals surface area contributed by atoms with E-state index in [2.05, 4.69) is 24.8 Å². The Morgan fingerprint density at radius 2 is 2.12 bits per heavy atom. The molecule has 5 heteroatoms. The molecular weight excluding hydrogens is 348 g/mol. The summed E-state index contributed by atoms with van der Waals surface area (Å²) in [6, 6.07) is 6.47. The van der Waals surface area contributed by atoms with Crippen LogP contribution in [0, 0.1) is 13.8 Å². The summed E-state index contributed by atoms with van der Waals surface area (Å²) in [6.07, 6.45) is 3.43. The first-order chi connectivity index (χ1) is 12.3. The van der Waals surface area contributed by atoms with Crippen LogP contribution in [0.2, 0.25) is 0 Å². The van der Waals surface area contributed by atoms with Crippen molar-refractivity contribution < 1.29 is 9.53 Å². The molecule has 1 amide bonds. The Bertz CT molecular complexity index is 608. The summed E-state index contributed by atoms with van der Waals surface area (Å²) in [7, 11) is 0. The molecular formula is C21H33ClN2O2. The summed E-state index contributed by atoms with van der Waals surface area (Å²) in [5, 5.41) is 0. The zero-order valence-electron chi connectivity index (χ0n) is 16.8. The highest BCUT2D eigenvalue weighted by Crippen LogP contribution is 2.23. The Balaban J connectivity index is 1.98. The first kappa shape index (κ1) is 21.0. The third-order valence-corrected chi connectivity index (χ3v) is 5.75. The van der Waals surface area contributed by atoms with Crippen LogP contribution in [-0.4, -0.2) is 53.0 Å². The summed E-state index contributed by atoms with van der Waals surface area (Å²) in [5.41, 5.74) is 1.74. The Labute approximate surface area is 163 Å². The van der Waals surface area contributed by atoms with Gasteiger partial charge >= 0.3 is 0 Å². The molecule has 1 aliphatic rings. The molecule has 0 bridgehead atoms. The highest BCUT2D eigenvalue weighted by Gasteiger charge is 2.33. The van der Waals surface area contributed by atoms with Gasteiger partial charge in [0, 0.05) is 19.1 Å². The molecule has 4 nitrogen and oxygen atoms in total. The van der Waals surface area contributed by atoms with Crippen LogP contribution in [0.4, 0.5) is 0 Å². The maximum Gasteiger partial charge on any atom is 0.255 e. The topological polar surface area (TPSA) is 32.8 Å². The van der Waals surface area contributed by atoms with E-state index in [0.29, 0.717) is 19.2 Å². The number of likely N-dealkylation sites (tertiary alicyclic amines) is 1. The molecule has 1 aromatic rings. The van der Waals surface area contributed by atoms with Crippen molar-refractivity contribution in [3.63, 3.8) is 0 Å². The highest BCUT2D eigenvalue weighted by atomic mass is 35.5. The molecule has 1 aliphatic heterocycles. The number of ether oxygens (including phenoxy) is 1. The van der Waals surface area contributed by atoms with Crippen molar-refractivity contribution in [3.05, 3.63) is 29.3 Å². The van der Waals surface area contributed by atoms with Crippen molar-refractivity contribution in [2.45, 2.75) is 71.5 Å². The first-order valence-corrected chi connectivity index (χ1v) is 10.2. The zero-order valence-corrected chi connectivity index (χ0v) is 17.6. The maximum atomic E-state index is 13.0. The molecule has 1 saturated heterocycles. The van der Waals surface area contributed by atoms with Gasteiger partial charge in [0.15, 0.2) is 5.50 Å². The van der Waals surface area contributed by atoms with Crippen molar-refractivity contribution in [1.82, 2.24) is 9.80 Å². The average Bonchev–Trinajstić information content (AvgIpc) is 2.61. The minimum atomic E-state index is -0.589. The van der Waals surface area contributed by atoms with Gasteiger partial charge in [-0.05, 0) is 59.1 Å². The molecule has 0 N–H and O–H groups in total. The quantitative estimate of drug-likeness (QED) is 0.520. The third kappa shape index (κ3) is 5.14. The van der Waals surface area contributed by atoms with E-state index in [1.165, 1.54) is 12.0 Å². The number of hydrogen-bond acceptors (Lipinski definition) is 3. The van der Waals surface area contributed by atoms with Crippen LogP contribution in [0.5, 0.6) is 5.75 Å². The van der Waals surface area contributed by atoms with Crippen molar-refractivity contribution in [1.29, 1.82) is 0 Å². The lowest BCUT2D eigenvalue weighted by Gasteiger charge is -2.39. The van der Waals surface area contributed by atoms with E-state index in [1.54, 1.807) is 0 Å². The molecule has 1 fully saturated rings. The van der Waals surface area contributed by atoms with Gasteiger partial charge in [0.05, 0.1) is 6.04 Å². The van der Waals surface area contributed by atoms with E-state index in [9.17, 15) is 4.79 Å².